The van der Waals surface area contributed by atoms with Crippen LogP contribution in [0.25, 0.3) is 0 Å². The van der Waals surface area contributed by atoms with E-state index in [1.165, 1.54) is 0 Å². The average molecular weight is 237 g/mol. The average Bonchev–Trinajstić information content (AvgIpc) is 2.85. The summed E-state index contributed by atoms with van der Waals surface area (Å²) in [6.07, 6.45) is 6.17. The predicted molar refractivity (Wildman–Crippen MR) is 63.6 cm³/mol. The summed E-state index contributed by atoms with van der Waals surface area (Å²) in [7, 11) is 1.90. The highest BCUT2D eigenvalue weighted by Crippen LogP contribution is 2.30. The Morgan fingerprint density at radius 2 is 2.47 bits per heavy atom. The van der Waals surface area contributed by atoms with E-state index in [-0.39, 0.29) is 18.5 Å². The highest BCUT2D eigenvalue weighted by Gasteiger charge is 2.31. The summed E-state index contributed by atoms with van der Waals surface area (Å²) in [5.41, 5.74) is 1.16. The smallest absolute Gasteiger partial charge is 0.304 e. The molecule has 2 heterocycles. The molecular weight excluding hydrogens is 218 g/mol. The number of hydrogen-bond donors (Lipinski definition) is 1. The SMILES string of the molecule is CC(c1cnn(C)c1)N1CCCC1CC(=O)O. The van der Waals surface area contributed by atoms with Crippen LogP contribution in [0, 0.1) is 0 Å². The second-order valence-corrected chi connectivity index (χ2v) is 4.76. The van der Waals surface area contributed by atoms with Gasteiger partial charge in [-0.3, -0.25) is 14.4 Å². The first-order valence-electron chi connectivity index (χ1n) is 6.04. The van der Waals surface area contributed by atoms with Crippen molar-refractivity contribution in [1.29, 1.82) is 0 Å². The Kier molecular flexibility index (Phi) is 3.47. The molecule has 1 aromatic heterocycles. The first-order chi connectivity index (χ1) is 8.08. The van der Waals surface area contributed by atoms with Crippen LogP contribution in [-0.2, 0) is 11.8 Å². The lowest BCUT2D eigenvalue weighted by molar-refractivity contribution is -0.138. The van der Waals surface area contributed by atoms with Crippen LogP contribution in [0.15, 0.2) is 12.4 Å². The van der Waals surface area contributed by atoms with Gasteiger partial charge in [0.15, 0.2) is 0 Å². The van der Waals surface area contributed by atoms with Crippen molar-refractivity contribution in [1.82, 2.24) is 14.7 Å². The highest BCUT2D eigenvalue weighted by molar-refractivity contribution is 5.67. The topological polar surface area (TPSA) is 58.4 Å². The van der Waals surface area contributed by atoms with Gasteiger partial charge >= 0.3 is 5.97 Å². The number of aryl methyl sites for hydroxylation is 1. The molecule has 5 heteroatoms. The third kappa shape index (κ3) is 2.66. The first kappa shape index (κ1) is 12.1. The van der Waals surface area contributed by atoms with E-state index in [4.69, 9.17) is 5.11 Å². The van der Waals surface area contributed by atoms with Crippen LogP contribution in [0.1, 0.15) is 37.8 Å². The lowest BCUT2D eigenvalue weighted by Gasteiger charge is -2.29. The van der Waals surface area contributed by atoms with Gasteiger partial charge in [-0.25, -0.2) is 0 Å². The summed E-state index contributed by atoms with van der Waals surface area (Å²) in [4.78, 5) is 13.1. The van der Waals surface area contributed by atoms with Crippen LogP contribution in [-0.4, -0.2) is 38.3 Å². The van der Waals surface area contributed by atoms with Crippen LogP contribution >= 0.6 is 0 Å². The molecule has 17 heavy (non-hydrogen) atoms. The Morgan fingerprint density at radius 1 is 1.71 bits per heavy atom. The fourth-order valence-corrected chi connectivity index (χ4v) is 2.64. The first-order valence-corrected chi connectivity index (χ1v) is 6.04. The van der Waals surface area contributed by atoms with Crippen molar-refractivity contribution in [2.45, 2.75) is 38.3 Å². The Labute approximate surface area is 101 Å². The molecule has 0 saturated carbocycles. The molecule has 0 amide bonds. The maximum atomic E-state index is 10.8. The van der Waals surface area contributed by atoms with E-state index in [2.05, 4.69) is 16.9 Å². The predicted octanol–water partition coefficient (Wildman–Crippen LogP) is 1.42. The number of carboxylic acid groups (broad SMARTS) is 1. The molecule has 0 aliphatic carbocycles. The maximum absolute atomic E-state index is 10.8. The normalized spacial score (nSPS) is 22.8. The summed E-state index contributed by atoms with van der Waals surface area (Å²) in [6.45, 7) is 3.10. The summed E-state index contributed by atoms with van der Waals surface area (Å²) >= 11 is 0. The molecule has 0 spiro atoms. The summed E-state index contributed by atoms with van der Waals surface area (Å²) < 4.78 is 1.79. The fraction of sp³-hybridized carbons (Fsp3) is 0.667. The zero-order valence-corrected chi connectivity index (χ0v) is 10.3. The van der Waals surface area contributed by atoms with Crippen molar-refractivity contribution >= 4 is 5.97 Å². The Morgan fingerprint density at radius 3 is 3.06 bits per heavy atom. The van der Waals surface area contributed by atoms with Gasteiger partial charge in [-0.1, -0.05) is 0 Å². The van der Waals surface area contributed by atoms with Gasteiger partial charge in [0.05, 0.1) is 12.6 Å². The van der Waals surface area contributed by atoms with Gasteiger partial charge in [0.1, 0.15) is 0 Å². The molecule has 1 saturated heterocycles. The van der Waals surface area contributed by atoms with Crippen LogP contribution in [0.5, 0.6) is 0 Å². The van der Waals surface area contributed by atoms with Crippen LogP contribution < -0.4 is 0 Å². The summed E-state index contributed by atoms with van der Waals surface area (Å²) in [5, 5.41) is 13.1. The quantitative estimate of drug-likeness (QED) is 0.860. The standard InChI is InChI=1S/C12H19N3O2/c1-9(10-7-13-14(2)8-10)15-5-3-4-11(15)6-12(16)17/h7-9,11H,3-6H2,1-2H3,(H,16,17). The number of carbonyl (C=O) groups is 1. The molecule has 2 atom stereocenters. The molecule has 1 aromatic rings. The second kappa shape index (κ2) is 4.87. The zero-order chi connectivity index (χ0) is 12.4. The number of aromatic nitrogens is 2. The molecular formula is C12H19N3O2. The molecule has 5 nitrogen and oxygen atoms in total. The Balaban J connectivity index is 2.07. The molecule has 1 N–H and O–H groups in total. The molecule has 2 unspecified atom stereocenters. The largest absolute Gasteiger partial charge is 0.481 e. The molecule has 0 radical (unpaired) electrons. The number of carboxylic acids is 1. The van der Waals surface area contributed by atoms with Crippen LogP contribution in [0.2, 0.25) is 0 Å². The van der Waals surface area contributed by atoms with E-state index < -0.39 is 5.97 Å². The molecule has 0 bridgehead atoms. The molecule has 2 rings (SSSR count). The van der Waals surface area contributed by atoms with Crippen molar-refractivity contribution in [2.24, 2.45) is 7.05 Å². The number of likely N-dealkylation sites (tertiary alicyclic amines) is 1. The van der Waals surface area contributed by atoms with Gasteiger partial charge in [0.2, 0.25) is 0 Å². The third-order valence-electron chi connectivity index (χ3n) is 3.54. The van der Waals surface area contributed by atoms with Crippen LogP contribution in [0.4, 0.5) is 0 Å². The van der Waals surface area contributed by atoms with E-state index in [0.717, 1.165) is 24.9 Å². The molecule has 94 valence electrons. The van der Waals surface area contributed by atoms with Gasteiger partial charge in [-0.15, -0.1) is 0 Å². The van der Waals surface area contributed by atoms with Crippen molar-refractivity contribution in [3.63, 3.8) is 0 Å². The van der Waals surface area contributed by atoms with Gasteiger partial charge < -0.3 is 5.11 Å². The second-order valence-electron chi connectivity index (χ2n) is 4.76. The van der Waals surface area contributed by atoms with E-state index in [9.17, 15) is 4.79 Å². The van der Waals surface area contributed by atoms with Crippen molar-refractivity contribution < 1.29 is 9.90 Å². The lowest BCUT2D eigenvalue weighted by Crippen LogP contribution is -2.33. The number of hydrogen-bond acceptors (Lipinski definition) is 3. The Hall–Kier alpha value is -1.36. The van der Waals surface area contributed by atoms with E-state index >= 15 is 0 Å². The van der Waals surface area contributed by atoms with E-state index in [1.807, 2.05) is 19.4 Å². The summed E-state index contributed by atoms with van der Waals surface area (Å²) in [6, 6.07) is 0.415. The van der Waals surface area contributed by atoms with E-state index in [0.29, 0.717) is 0 Å². The molecule has 1 aliphatic rings. The zero-order valence-electron chi connectivity index (χ0n) is 10.3. The van der Waals surface area contributed by atoms with E-state index in [1.54, 1.807) is 4.68 Å². The van der Waals surface area contributed by atoms with Gasteiger partial charge in [-0.05, 0) is 26.3 Å². The number of rotatable bonds is 4. The minimum atomic E-state index is -0.708. The molecule has 1 aliphatic heterocycles. The van der Waals surface area contributed by atoms with Crippen molar-refractivity contribution in [3.05, 3.63) is 18.0 Å². The third-order valence-corrected chi connectivity index (χ3v) is 3.54. The van der Waals surface area contributed by atoms with Crippen molar-refractivity contribution in [2.75, 3.05) is 6.54 Å². The maximum Gasteiger partial charge on any atom is 0.304 e. The lowest BCUT2D eigenvalue weighted by atomic mass is 10.1. The van der Waals surface area contributed by atoms with Gasteiger partial charge in [-0.2, -0.15) is 5.10 Å². The van der Waals surface area contributed by atoms with Crippen molar-refractivity contribution in [3.8, 4) is 0 Å². The molecule has 1 fully saturated rings. The van der Waals surface area contributed by atoms with Crippen LogP contribution in [0.3, 0.4) is 0 Å². The van der Waals surface area contributed by atoms with Gasteiger partial charge in [0, 0.05) is 30.9 Å². The highest BCUT2D eigenvalue weighted by atomic mass is 16.4. The fourth-order valence-electron chi connectivity index (χ4n) is 2.64. The number of nitrogens with zero attached hydrogens (tertiary/aromatic N) is 3. The molecule has 0 aromatic carbocycles. The number of aliphatic carboxylic acids is 1. The summed E-state index contributed by atoms with van der Waals surface area (Å²) in [5.74, 6) is -0.708. The minimum Gasteiger partial charge on any atom is -0.481 e. The Bertz CT molecular complexity index is 402. The monoisotopic (exact) mass is 237 g/mol. The minimum absolute atomic E-state index is 0.169. The van der Waals surface area contributed by atoms with Gasteiger partial charge in [0.25, 0.3) is 0 Å².